The van der Waals surface area contributed by atoms with Crippen molar-refractivity contribution in [3.63, 3.8) is 0 Å². The number of anilines is 1. The first-order chi connectivity index (χ1) is 12.3. The van der Waals surface area contributed by atoms with Crippen molar-refractivity contribution in [2.24, 2.45) is 11.8 Å². The molecule has 3 rings (SSSR count). The van der Waals surface area contributed by atoms with Gasteiger partial charge in [0, 0.05) is 4.88 Å². The molecule has 1 aliphatic heterocycles. The van der Waals surface area contributed by atoms with Crippen molar-refractivity contribution in [1.82, 2.24) is 4.90 Å². The molecule has 2 heterocycles. The molecule has 3 amide bonds. The van der Waals surface area contributed by atoms with Crippen LogP contribution < -0.4 is 5.32 Å². The predicted molar refractivity (Wildman–Crippen MR) is 95.8 cm³/mol. The van der Waals surface area contributed by atoms with Gasteiger partial charge in [-0.3, -0.25) is 19.3 Å². The highest BCUT2D eigenvalue weighted by atomic mass is 32.1. The molecule has 8 heteroatoms. The number of thiophene rings is 1. The Morgan fingerprint density at radius 3 is 2.31 bits per heavy atom. The van der Waals surface area contributed by atoms with E-state index >= 15 is 0 Å². The average molecular weight is 376 g/mol. The maximum Gasteiger partial charge on any atom is 0.341 e. The Bertz CT molecular complexity index is 800. The molecule has 0 unspecified atom stereocenters. The van der Waals surface area contributed by atoms with E-state index in [9.17, 15) is 19.2 Å². The van der Waals surface area contributed by atoms with E-state index in [1.165, 1.54) is 18.4 Å². The fraction of sp³-hybridized carbons (Fsp3) is 0.444. The van der Waals surface area contributed by atoms with E-state index in [0.29, 0.717) is 23.4 Å². The number of hydrogen-bond donors (Lipinski definition) is 1. The molecule has 1 N–H and O–H groups in total. The summed E-state index contributed by atoms with van der Waals surface area (Å²) in [5.41, 5.74) is 1.04. The number of rotatable bonds is 4. The lowest BCUT2D eigenvalue weighted by atomic mass is 9.85. The lowest BCUT2D eigenvalue weighted by Crippen LogP contribution is -2.38. The SMILES string of the molecule is COC(=O)c1c(NC(=O)CN2C(=O)[C@@H]3CC=CC[C@H]3C2=O)sc(C)c1C. The molecule has 0 radical (unpaired) electrons. The van der Waals surface area contributed by atoms with Crippen LogP contribution in [0.15, 0.2) is 12.2 Å². The van der Waals surface area contributed by atoms with Gasteiger partial charge < -0.3 is 10.1 Å². The highest BCUT2D eigenvalue weighted by molar-refractivity contribution is 7.16. The number of carbonyl (C=O) groups is 4. The monoisotopic (exact) mass is 376 g/mol. The maximum atomic E-state index is 12.4. The number of amides is 3. The zero-order valence-corrected chi connectivity index (χ0v) is 15.6. The summed E-state index contributed by atoms with van der Waals surface area (Å²) in [5.74, 6) is -2.37. The first-order valence-corrected chi connectivity index (χ1v) is 9.15. The number of aryl methyl sites for hydroxylation is 1. The van der Waals surface area contributed by atoms with Crippen molar-refractivity contribution in [2.45, 2.75) is 26.7 Å². The number of ether oxygens (including phenoxy) is 1. The fourth-order valence-electron chi connectivity index (χ4n) is 3.40. The lowest BCUT2D eigenvalue weighted by Gasteiger charge is -2.14. The first-order valence-electron chi connectivity index (χ1n) is 8.33. The zero-order valence-electron chi connectivity index (χ0n) is 14.8. The summed E-state index contributed by atoms with van der Waals surface area (Å²) in [6.07, 6.45) is 4.86. The van der Waals surface area contributed by atoms with Crippen LogP contribution in [0.3, 0.4) is 0 Å². The van der Waals surface area contributed by atoms with Crippen molar-refractivity contribution in [1.29, 1.82) is 0 Å². The molecule has 0 saturated carbocycles. The van der Waals surface area contributed by atoms with Gasteiger partial charge in [0.15, 0.2) is 0 Å². The number of imide groups is 1. The molecule has 2 atom stereocenters. The molecule has 26 heavy (non-hydrogen) atoms. The van der Waals surface area contributed by atoms with Crippen LogP contribution in [0.4, 0.5) is 5.00 Å². The van der Waals surface area contributed by atoms with Gasteiger partial charge in [-0.1, -0.05) is 12.2 Å². The van der Waals surface area contributed by atoms with E-state index in [0.717, 1.165) is 15.3 Å². The third-order valence-corrected chi connectivity index (χ3v) is 6.05. The minimum Gasteiger partial charge on any atom is -0.465 e. The van der Waals surface area contributed by atoms with E-state index in [1.54, 1.807) is 6.92 Å². The van der Waals surface area contributed by atoms with Gasteiger partial charge in [0.05, 0.1) is 24.5 Å². The molecule has 1 saturated heterocycles. The molecule has 0 spiro atoms. The second-order valence-corrected chi connectivity index (χ2v) is 7.67. The van der Waals surface area contributed by atoms with E-state index in [-0.39, 0.29) is 30.2 Å². The Labute approximate surface area is 155 Å². The van der Waals surface area contributed by atoms with E-state index in [2.05, 4.69) is 5.32 Å². The number of likely N-dealkylation sites (tertiary alicyclic amines) is 1. The van der Waals surface area contributed by atoms with Gasteiger partial charge in [0.25, 0.3) is 0 Å². The Kier molecular flexibility index (Phi) is 4.95. The Balaban J connectivity index is 1.74. The topological polar surface area (TPSA) is 92.8 Å². The standard InChI is InChI=1S/C18H20N2O5S/c1-9-10(2)26-15(14(9)18(24)25-3)19-13(21)8-20-16(22)11-6-4-5-7-12(11)17(20)23/h4-5,11-12H,6-8H2,1-3H3,(H,19,21)/t11-,12-/m1/s1. The van der Waals surface area contributed by atoms with E-state index in [4.69, 9.17) is 4.74 Å². The molecule has 1 aromatic heterocycles. The number of methoxy groups -OCH3 is 1. The summed E-state index contributed by atoms with van der Waals surface area (Å²) >= 11 is 1.26. The highest BCUT2D eigenvalue weighted by Gasteiger charge is 2.47. The first kappa shape index (κ1) is 18.3. The number of esters is 1. The molecule has 138 valence electrons. The number of fused-ring (bicyclic) bond motifs is 1. The fourth-order valence-corrected chi connectivity index (χ4v) is 4.46. The number of nitrogens with one attached hydrogen (secondary N) is 1. The number of carbonyl (C=O) groups excluding carboxylic acids is 4. The average Bonchev–Trinajstić information content (AvgIpc) is 3.03. The quantitative estimate of drug-likeness (QED) is 0.493. The Morgan fingerprint density at radius 2 is 1.77 bits per heavy atom. The van der Waals surface area contributed by atoms with Gasteiger partial charge in [-0.25, -0.2) is 4.79 Å². The van der Waals surface area contributed by atoms with Gasteiger partial charge in [0.1, 0.15) is 11.5 Å². The molecule has 7 nitrogen and oxygen atoms in total. The maximum absolute atomic E-state index is 12.4. The summed E-state index contributed by atoms with van der Waals surface area (Å²) in [6, 6.07) is 0. The van der Waals surface area contributed by atoms with Crippen molar-refractivity contribution in [3.05, 3.63) is 28.2 Å². The molecular weight excluding hydrogens is 356 g/mol. The van der Waals surface area contributed by atoms with E-state index in [1.807, 2.05) is 19.1 Å². The van der Waals surface area contributed by atoms with Gasteiger partial charge >= 0.3 is 5.97 Å². The third kappa shape index (κ3) is 3.05. The summed E-state index contributed by atoms with van der Waals surface area (Å²) in [5, 5.41) is 3.02. The second-order valence-electron chi connectivity index (χ2n) is 6.45. The van der Waals surface area contributed by atoms with Crippen LogP contribution in [0.2, 0.25) is 0 Å². The van der Waals surface area contributed by atoms with E-state index < -0.39 is 11.9 Å². The molecule has 0 bridgehead atoms. The van der Waals surface area contributed by atoms with Crippen LogP contribution in [-0.2, 0) is 19.1 Å². The molecule has 1 aromatic rings. The number of allylic oxidation sites excluding steroid dienone is 2. The summed E-state index contributed by atoms with van der Waals surface area (Å²) in [7, 11) is 1.28. The summed E-state index contributed by atoms with van der Waals surface area (Å²) in [6.45, 7) is 3.27. The molecule has 2 aliphatic rings. The minimum absolute atomic E-state index is 0.300. The normalized spacial score (nSPS) is 21.7. The molecule has 1 aliphatic carbocycles. The smallest absolute Gasteiger partial charge is 0.341 e. The van der Waals surface area contributed by atoms with Gasteiger partial charge in [-0.15, -0.1) is 11.3 Å². The van der Waals surface area contributed by atoms with Crippen LogP contribution in [0, 0.1) is 25.7 Å². The number of hydrogen-bond acceptors (Lipinski definition) is 6. The van der Waals surface area contributed by atoms with Crippen LogP contribution in [0.5, 0.6) is 0 Å². The third-order valence-electron chi connectivity index (χ3n) is 4.93. The second kappa shape index (κ2) is 7.03. The van der Waals surface area contributed by atoms with Gasteiger partial charge in [-0.05, 0) is 32.3 Å². The van der Waals surface area contributed by atoms with Crippen molar-refractivity contribution < 1.29 is 23.9 Å². The van der Waals surface area contributed by atoms with Crippen molar-refractivity contribution >= 4 is 40.0 Å². The van der Waals surface area contributed by atoms with Gasteiger partial charge in [0.2, 0.25) is 17.7 Å². The van der Waals surface area contributed by atoms with Crippen LogP contribution in [0.1, 0.15) is 33.6 Å². The summed E-state index contributed by atoms with van der Waals surface area (Å²) in [4.78, 5) is 51.2. The highest BCUT2D eigenvalue weighted by Crippen LogP contribution is 2.36. The van der Waals surface area contributed by atoms with Crippen LogP contribution in [-0.4, -0.2) is 42.2 Å². The molecular formula is C18H20N2O5S. The predicted octanol–water partition coefficient (Wildman–Crippen LogP) is 2.04. The van der Waals surface area contributed by atoms with Gasteiger partial charge in [-0.2, -0.15) is 0 Å². The van der Waals surface area contributed by atoms with Crippen molar-refractivity contribution in [3.8, 4) is 0 Å². The lowest BCUT2D eigenvalue weighted by molar-refractivity contribution is -0.142. The zero-order chi connectivity index (χ0) is 19.0. The van der Waals surface area contributed by atoms with Crippen LogP contribution in [0.25, 0.3) is 0 Å². The van der Waals surface area contributed by atoms with Crippen LogP contribution >= 0.6 is 11.3 Å². The molecule has 1 fully saturated rings. The molecule has 0 aromatic carbocycles. The summed E-state index contributed by atoms with van der Waals surface area (Å²) < 4.78 is 4.78. The number of nitrogens with zero attached hydrogens (tertiary/aromatic N) is 1. The minimum atomic E-state index is -0.535. The Hall–Kier alpha value is -2.48. The Morgan fingerprint density at radius 1 is 1.19 bits per heavy atom. The largest absolute Gasteiger partial charge is 0.465 e. The van der Waals surface area contributed by atoms with Crippen molar-refractivity contribution in [2.75, 3.05) is 19.0 Å².